The van der Waals surface area contributed by atoms with E-state index < -0.39 is 0 Å². The fourth-order valence-electron chi connectivity index (χ4n) is 2.53. The zero-order valence-electron chi connectivity index (χ0n) is 13.4. The Bertz CT molecular complexity index is 813. The fraction of sp³-hybridized carbons (Fsp3) is 0.533. The third-order valence-electron chi connectivity index (χ3n) is 4.02. The molecule has 0 fully saturated rings. The predicted octanol–water partition coefficient (Wildman–Crippen LogP) is 0.711. The molecule has 2 heterocycles. The monoisotopic (exact) mass is 306 g/mol. The third-order valence-corrected chi connectivity index (χ3v) is 4.02. The molecule has 120 valence electrons. The molecule has 0 saturated carbocycles. The Morgan fingerprint density at radius 1 is 1.32 bits per heavy atom. The maximum atomic E-state index is 12.2. The van der Waals surface area contributed by atoms with Crippen LogP contribution >= 0.6 is 0 Å². The van der Waals surface area contributed by atoms with Gasteiger partial charge in [-0.1, -0.05) is 6.92 Å². The molecular formula is C15H22N4O3. The highest BCUT2D eigenvalue weighted by Crippen LogP contribution is 2.14. The molecule has 0 aliphatic carbocycles. The summed E-state index contributed by atoms with van der Waals surface area (Å²) in [4.78, 5) is 38.7. The Morgan fingerprint density at radius 3 is 2.64 bits per heavy atom. The van der Waals surface area contributed by atoms with E-state index in [1.807, 2.05) is 13.8 Å². The van der Waals surface area contributed by atoms with Crippen LogP contribution in [0.25, 0.3) is 11.0 Å². The van der Waals surface area contributed by atoms with E-state index in [1.54, 1.807) is 14.0 Å². The number of aromatic amines is 2. The van der Waals surface area contributed by atoms with Crippen molar-refractivity contribution in [3.8, 4) is 0 Å². The molecule has 22 heavy (non-hydrogen) atoms. The molecule has 2 aromatic heterocycles. The summed E-state index contributed by atoms with van der Waals surface area (Å²) in [7, 11) is 1.67. The minimum Gasteiger partial charge on any atom is -0.354 e. The van der Waals surface area contributed by atoms with Gasteiger partial charge in [0.05, 0.1) is 5.39 Å². The van der Waals surface area contributed by atoms with Crippen LogP contribution in [0, 0.1) is 6.92 Å². The summed E-state index contributed by atoms with van der Waals surface area (Å²) in [5.74, 6) is -0.0878. The van der Waals surface area contributed by atoms with Crippen molar-refractivity contribution in [1.82, 2.24) is 20.1 Å². The van der Waals surface area contributed by atoms with Gasteiger partial charge in [0, 0.05) is 25.1 Å². The molecule has 1 unspecified atom stereocenters. The van der Waals surface area contributed by atoms with E-state index in [-0.39, 0.29) is 29.5 Å². The Morgan fingerprint density at radius 2 is 2.00 bits per heavy atom. The minimum atomic E-state index is -0.254. The smallest absolute Gasteiger partial charge is 0.273 e. The van der Waals surface area contributed by atoms with Crippen molar-refractivity contribution in [3.63, 3.8) is 0 Å². The van der Waals surface area contributed by atoms with Crippen molar-refractivity contribution in [2.75, 3.05) is 0 Å². The molecule has 2 rings (SSSR count). The van der Waals surface area contributed by atoms with Gasteiger partial charge in [0.15, 0.2) is 0 Å². The lowest BCUT2D eigenvalue weighted by Crippen LogP contribution is -2.32. The second-order valence-electron chi connectivity index (χ2n) is 5.66. The highest BCUT2D eigenvalue weighted by atomic mass is 16.2. The zero-order chi connectivity index (χ0) is 16.4. The Balaban J connectivity index is 2.29. The van der Waals surface area contributed by atoms with Gasteiger partial charge in [-0.15, -0.1) is 0 Å². The number of carbonyl (C=O) groups is 1. The Kier molecular flexibility index (Phi) is 4.54. The van der Waals surface area contributed by atoms with Gasteiger partial charge >= 0.3 is 0 Å². The minimum absolute atomic E-state index is 0.0878. The number of nitrogens with zero attached hydrogens (tertiary/aromatic N) is 1. The van der Waals surface area contributed by atoms with Gasteiger partial charge in [-0.25, -0.2) is 0 Å². The molecule has 0 radical (unpaired) electrons. The number of hydrogen-bond donors (Lipinski definition) is 3. The topological polar surface area (TPSA) is 99.8 Å². The van der Waals surface area contributed by atoms with Crippen LogP contribution in [0.15, 0.2) is 9.59 Å². The van der Waals surface area contributed by atoms with Crippen molar-refractivity contribution in [2.24, 2.45) is 7.05 Å². The number of fused-ring (bicyclic) bond motifs is 1. The summed E-state index contributed by atoms with van der Waals surface area (Å²) in [6.07, 6.45) is 1.40. The average molecular weight is 306 g/mol. The Hall–Kier alpha value is -2.31. The largest absolute Gasteiger partial charge is 0.354 e. The number of pyridine rings is 1. The quantitative estimate of drug-likeness (QED) is 0.758. The van der Waals surface area contributed by atoms with Crippen molar-refractivity contribution in [2.45, 2.75) is 46.1 Å². The summed E-state index contributed by atoms with van der Waals surface area (Å²) in [5.41, 5.74) is 1.10. The number of carbonyl (C=O) groups excluding carboxylic acids is 1. The number of amides is 1. The lowest BCUT2D eigenvalue weighted by molar-refractivity contribution is -0.121. The van der Waals surface area contributed by atoms with Gasteiger partial charge in [-0.2, -0.15) is 0 Å². The van der Waals surface area contributed by atoms with E-state index in [1.165, 1.54) is 4.68 Å². The van der Waals surface area contributed by atoms with Crippen molar-refractivity contribution in [3.05, 3.63) is 31.8 Å². The lowest BCUT2D eigenvalue weighted by atomic mass is 10.0. The first kappa shape index (κ1) is 16.1. The standard InChI is InChI=1S/C15H22N4O3/c1-5-8(2)16-11(20)7-6-10-9(3)12-13(17-14(10)21)19(4)18-15(12)22/h8H,5-7H2,1-4H3,(H,16,20)(H,17,21)(H,18,22). The normalized spacial score (nSPS) is 12.5. The second kappa shape index (κ2) is 6.21. The lowest BCUT2D eigenvalue weighted by Gasteiger charge is -2.11. The van der Waals surface area contributed by atoms with Crippen molar-refractivity contribution < 1.29 is 4.79 Å². The molecule has 0 aliphatic rings. The van der Waals surface area contributed by atoms with Crippen LogP contribution in [-0.2, 0) is 18.3 Å². The summed E-state index contributed by atoms with van der Waals surface area (Å²) < 4.78 is 1.49. The van der Waals surface area contributed by atoms with Crippen LogP contribution in [0.2, 0.25) is 0 Å². The highest BCUT2D eigenvalue weighted by Gasteiger charge is 2.16. The Labute approximate surface area is 127 Å². The highest BCUT2D eigenvalue weighted by molar-refractivity contribution is 5.80. The molecule has 0 aromatic carbocycles. The molecule has 7 nitrogen and oxygen atoms in total. The first-order valence-electron chi connectivity index (χ1n) is 7.45. The molecule has 0 aliphatic heterocycles. The van der Waals surface area contributed by atoms with E-state index in [2.05, 4.69) is 15.4 Å². The zero-order valence-corrected chi connectivity index (χ0v) is 13.4. The van der Waals surface area contributed by atoms with Crippen LogP contribution in [0.3, 0.4) is 0 Å². The summed E-state index contributed by atoms with van der Waals surface area (Å²) in [5, 5.41) is 5.96. The third kappa shape index (κ3) is 2.98. The van der Waals surface area contributed by atoms with Gasteiger partial charge in [0.1, 0.15) is 5.65 Å². The first-order valence-corrected chi connectivity index (χ1v) is 7.45. The number of nitrogens with one attached hydrogen (secondary N) is 3. The summed E-state index contributed by atoms with van der Waals surface area (Å²) in [6, 6.07) is 0.117. The number of hydrogen-bond acceptors (Lipinski definition) is 3. The molecule has 0 spiro atoms. The van der Waals surface area contributed by atoms with E-state index in [0.717, 1.165) is 6.42 Å². The molecule has 2 aromatic rings. The van der Waals surface area contributed by atoms with Crippen LogP contribution in [-0.4, -0.2) is 26.7 Å². The van der Waals surface area contributed by atoms with Crippen molar-refractivity contribution in [1.29, 1.82) is 0 Å². The number of rotatable bonds is 5. The first-order chi connectivity index (χ1) is 10.3. The molecule has 0 bridgehead atoms. The number of aromatic nitrogens is 3. The maximum absolute atomic E-state index is 12.2. The van der Waals surface area contributed by atoms with Crippen LogP contribution in [0.1, 0.15) is 37.8 Å². The second-order valence-corrected chi connectivity index (χ2v) is 5.66. The molecular weight excluding hydrogens is 284 g/mol. The van der Waals surface area contributed by atoms with Crippen LogP contribution in [0.4, 0.5) is 0 Å². The molecule has 3 N–H and O–H groups in total. The number of aryl methyl sites for hydroxylation is 2. The maximum Gasteiger partial charge on any atom is 0.273 e. The van der Waals surface area contributed by atoms with E-state index >= 15 is 0 Å². The van der Waals surface area contributed by atoms with E-state index in [9.17, 15) is 14.4 Å². The molecule has 1 atom stereocenters. The van der Waals surface area contributed by atoms with Crippen molar-refractivity contribution >= 4 is 16.9 Å². The van der Waals surface area contributed by atoms with Crippen LogP contribution in [0.5, 0.6) is 0 Å². The van der Waals surface area contributed by atoms with E-state index in [4.69, 9.17) is 0 Å². The summed E-state index contributed by atoms with van der Waals surface area (Å²) in [6.45, 7) is 5.68. The number of H-pyrrole nitrogens is 2. The van der Waals surface area contributed by atoms with Crippen LogP contribution < -0.4 is 16.4 Å². The fourth-order valence-corrected chi connectivity index (χ4v) is 2.53. The van der Waals surface area contributed by atoms with Gasteiger partial charge < -0.3 is 10.3 Å². The van der Waals surface area contributed by atoms with E-state index in [0.29, 0.717) is 28.6 Å². The van der Waals surface area contributed by atoms with Gasteiger partial charge in [-0.3, -0.25) is 24.2 Å². The van der Waals surface area contributed by atoms with Gasteiger partial charge in [-0.05, 0) is 32.3 Å². The molecule has 1 amide bonds. The SMILES string of the molecule is CCC(C)NC(=O)CCc1c(C)c2c(=O)[nH]n(C)c2[nH]c1=O. The van der Waals surface area contributed by atoms with Gasteiger partial charge in [0.25, 0.3) is 11.1 Å². The molecule has 7 heteroatoms. The predicted molar refractivity (Wildman–Crippen MR) is 85.1 cm³/mol. The molecule has 0 saturated heterocycles. The summed E-state index contributed by atoms with van der Waals surface area (Å²) >= 11 is 0. The van der Waals surface area contributed by atoms with Gasteiger partial charge in [0.2, 0.25) is 5.91 Å². The average Bonchev–Trinajstić information content (AvgIpc) is 2.73.